The topological polar surface area (TPSA) is 49.7 Å². The average Bonchev–Trinajstić information content (AvgIpc) is 3.33. The van der Waals surface area contributed by atoms with Crippen molar-refractivity contribution in [1.29, 1.82) is 0 Å². The van der Waals surface area contributed by atoms with Crippen molar-refractivity contribution in [3.05, 3.63) is 12.4 Å². The molecule has 0 bridgehead atoms. The molecule has 5 nitrogen and oxygen atoms in total. The molecule has 0 amide bonds. The van der Waals surface area contributed by atoms with Gasteiger partial charge in [0.25, 0.3) is 0 Å². The highest BCUT2D eigenvalue weighted by Crippen LogP contribution is 2.64. The lowest BCUT2D eigenvalue weighted by Crippen LogP contribution is -2.74. The van der Waals surface area contributed by atoms with E-state index in [1.165, 1.54) is 0 Å². The van der Waals surface area contributed by atoms with Crippen LogP contribution >= 0.6 is 0 Å². The van der Waals surface area contributed by atoms with Crippen molar-refractivity contribution in [2.24, 2.45) is 0 Å². The number of unbranched alkanes of at least 4 members (excludes halogenated alkanes) is 3. The second kappa shape index (κ2) is 12.7. The second-order valence-electron chi connectivity index (χ2n) is 9.70. The third kappa shape index (κ3) is 6.97. The van der Waals surface area contributed by atoms with E-state index in [0.29, 0.717) is 50.5 Å². The Morgan fingerprint density at radius 2 is 1.04 bits per heavy atom. The van der Waals surface area contributed by atoms with E-state index in [9.17, 15) is 79.4 Å². The van der Waals surface area contributed by atoms with Crippen LogP contribution in [0.1, 0.15) is 38.5 Å². The maximum Gasteiger partial charge on any atom is 0.460 e. The van der Waals surface area contributed by atoms with Crippen LogP contribution in [-0.4, -0.2) is 78.0 Å². The Bertz CT molecular complexity index is 1140. The SMILES string of the molecule is O=C(CCC(F)(F)C(F)(F)C(F)(F)C(F)(F)C(F)(F)C(F)(F)C(F)(F)C(F)(F)F)OCCCCCCn1cc2c(c1)OCCO2. The third-order valence-electron chi connectivity index (χ3n) is 6.41. The summed E-state index contributed by atoms with van der Waals surface area (Å²) in [6.07, 6.45) is -7.77. The molecule has 0 saturated carbocycles. The Kier molecular flexibility index (Phi) is 10.9. The summed E-state index contributed by atoms with van der Waals surface area (Å²) in [4.78, 5) is 11.6. The van der Waals surface area contributed by atoms with Crippen molar-refractivity contribution in [2.75, 3.05) is 19.8 Å². The van der Waals surface area contributed by atoms with E-state index < -0.39 is 73.1 Å². The van der Waals surface area contributed by atoms with Crippen molar-refractivity contribution in [3.63, 3.8) is 0 Å². The quantitative estimate of drug-likeness (QED) is 0.0994. The first-order chi connectivity index (χ1) is 20.2. The van der Waals surface area contributed by atoms with Crippen LogP contribution in [-0.2, 0) is 16.1 Å². The van der Waals surface area contributed by atoms with Gasteiger partial charge in [0.1, 0.15) is 13.2 Å². The van der Waals surface area contributed by atoms with E-state index in [0.717, 1.165) is 0 Å². The zero-order chi connectivity index (χ0) is 34.9. The zero-order valence-electron chi connectivity index (χ0n) is 22.2. The maximum atomic E-state index is 13.9. The molecule has 0 N–H and O–H groups in total. The van der Waals surface area contributed by atoms with Crippen molar-refractivity contribution in [2.45, 2.75) is 92.7 Å². The van der Waals surface area contributed by atoms with Crippen LogP contribution in [0.3, 0.4) is 0 Å². The third-order valence-corrected chi connectivity index (χ3v) is 6.41. The van der Waals surface area contributed by atoms with Crippen LogP contribution in [0, 0.1) is 0 Å². The number of nitrogens with zero attached hydrogens (tertiary/aromatic N) is 1. The number of esters is 1. The average molecular weight is 699 g/mol. The highest BCUT2D eigenvalue weighted by atomic mass is 19.4. The van der Waals surface area contributed by atoms with Crippen molar-refractivity contribution in [1.82, 2.24) is 4.57 Å². The minimum atomic E-state index is -8.69. The van der Waals surface area contributed by atoms with Gasteiger partial charge in [0.15, 0.2) is 11.5 Å². The molecule has 0 radical (unpaired) electrons. The molecule has 22 heteroatoms. The molecular weight excluding hydrogens is 677 g/mol. The Balaban J connectivity index is 1.93. The number of hydrogen-bond donors (Lipinski definition) is 0. The number of aryl methyl sites for hydroxylation is 1. The van der Waals surface area contributed by atoms with Crippen molar-refractivity contribution in [3.8, 4) is 11.5 Å². The number of aromatic nitrogens is 1. The predicted molar refractivity (Wildman–Crippen MR) is 115 cm³/mol. The Hall–Kier alpha value is -2.84. The fourth-order valence-electron chi connectivity index (χ4n) is 3.74. The summed E-state index contributed by atoms with van der Waals surface area (Å²) in [6, 6.07) is 0. The van der Waals surface area contributed by atoms with E-state index in [2.05, 4.69) is 4.74 Å². The molecule has 0 fully saturated rings. The standard InChI is InChI=1S/C23H22F17NO4/c24-16(25,6-5-15(42)45-8-4-2-1-3-7-41-11-13-14(12-41)44-10-9-43-13)17(26,27)18(28,29)19(30,31)20(32,33)21(34,35)22(36,37)23(38,39)40/h11-12H,1-10H2. The molecule has 262 valence electrons. The highest BCUT2D eigenvalue weighted by Gasteiger charge is 2.95. The smallest absolute Gasteiger partial charge is 0.460 e. The Morgan fingerprint density at radius 1 is 0.622 bits per heavy atom. The van der Waals surface area contributed by atoms with Crippen molar-refractivity contribution >= 4 is 5.97 Å². The molecule has 1 aromatic rings. The summed E-state index contributed by atoms with van der Waals surface area (Å²) < 4.78 is 243. The highest BCUT2D eigenvalue weighted by molar-refractivity contribution is 5.69. The number of rotatable bonds is 16. The summed E-state index contributed by atoms with van der Waals surface area (Å²) in [5.74, 6) is -57.7. The van der Waals surface area contributed by atoms with Gasteiger partial charge in [-0.25, -0.2) is 0 Å². The first kappa shape index (κ1) is 38.3. The molecule has 0 spiro atoms. The second-order valence-corrected chi connectivity index (χ2v) is 9.70. The van der Waals surface area contributed by atoms with Crippen molar-refractivity contribution < 1.29 is 93.6 Å². The van der Waals surface area contributed by atoms with Gasteiger partial charge >= 0.3 is 53.6 Å². The van der Waals surface area contributed by atoms with Gasteiger partial charge in [0, 0.05) is 25.4 Å². The molecule has 0 saturated heterocycles. The molecule has 1 aliphatic rings. The summed E-state index contributed by atoms with van der Waals surface area (Å²) in [6.45, 7) is 0.706. The summed E-state index contributed by atoms with van der Waals surface area (Å²) in [7, 11) is 0. The maximum absolute atomic E-state index is 13.9. The number of hydrogen-bond acceptors (Lipinski definition) is 4. The largest absolute Gasteiger partial charge is 0.485 e. The van der Waals surface area contributed by atoms with E-state index in [1.54, 1.807) is 17.0 Å². The van der Waals surface area contributed by atoms with E-state index in [1.807, 2.05) is 0 Å². The first-order valence-electron chi connectivity index (χ1n) is 12.5. The monoisotopic (exact) mass is 699 g/mol. The fourth-order valence-corrected chi connectivity index (χ4v) is 3.74. The number of ether oxygens (including phenoxy) is 3. The Morgan fingerprint density at radius 3 is 1.51 bits per heavy atom. The van der Waals surface area contributed by atoms with Gasteiger partial charge < -0.3 is 18.8 Å². The molecule has 1 aromatic heterocycles. The number of halogens is 17. The van der Waals surface area contributed by atoms with Gasteiger partial charge in [-0.05, 0) is 19.3 Å². The lowest BCUT2D eigenvalue weighted by molar-refractivity contribution is -0.461. The minimum absolute atomic E-state index is 0.0584. The zero-order valence-corrected chi connectivity index (χ0v) is 22.2. The lowest BCUT2D eigenvalue weighted by Gasteiger charge is -2.42. The van der Waals surface area contributed by atoms with Gasteiger partial charge in [-0.15, -0.1) is 0 Å². The molecule has 0 aliphatic carbocycles. The fraction of sp³-hybridized carbons (Fsp3) is 0.783. The van der Waals surface area contributed by atoms with E-state index in [4.69, 9.17) is 9.47 Å². The van der Waals surface area contributed by atoms with Crippen LogP contribution in [0.4, 0.5) is 74.6 Å². The molecular formula is C23H22F17NO4. The minimum Gasteiger partial charge on any atom is -0.485 e. The molecule has 1 aliphatic heterocycles. The number of carbonyl (C=O) groups is 1. The molecule has 0 atom stereocenters. The van der Waals surface area contributed by atoms with E-state index in [-0.39, 0.29) is 6.42 Å². The van der Waals surface area contributed by atoms with Gasteiger partial charge in [0.05, 0.1) is 13.0 Å². The van der Waals surface area contributed by atoms with Crippen LogP contribution in [0.15, 0.2) is 12.4 Å². The number of fused-ring (bicyclic) bond motifs is 1. The summed E-state index contributed by atoms with van der Waals surface area (Å²) in [5, 5.41) is 0. The van der Waals surface area contributed by atoms with Gasteiger partial charge in [0.2, 0.25) is 0 Å². The molecule has 0 unspecified atom stereocenters. The van der Waals surface area contributed by atoms with Crippen LogP contribution < -0.4 is 9.47 Å². The van der Waals surface area contributed by atoms with Gasteiger partial charge in [-0.3, -0.25) is 4.79 Å². The van der Waals surface area contributed by atoms with Gasteiger partial charge in [-0.1, -0.05) is 6.42 Å². The van der Waals surface area contributed by atoms with Gasteiger partial charge in [-0.2, -0.15) is 74.6 Å². The van der Waals surface area contributed by atoms with E-state index >= 15 is 0 Å². The molecule has 2 heterocycles. The number of carbonyl (C=O) groups excluding carboxylic acids is 1. The normalized spacial score (nSPS) is 15.8. The summed E-state index contributed by atoms with van der Waals surface area (Å²) in [5.41, 5.74) is 0. The van der Waals surface area contributed by atoms with Crippen LogP contribution in [0.5, 0.6) is 11.5 Å². The molecule has 2 rings (SSSR count). The first-order valence-corrected chi connectivity index (χ1v) is 12.5. The molecule has 45 heavy (non-hydrogen) atoms. The van der Waals surface area contributed by atoms with Crippen LogP contribution in [0.25, 0.3) is 0 Å². The predicted octanol–water partition coefficient (Wildman–Crippen LogP) is 8.15. The lowest BCUT2D eigenvalue weighted by atomic mass is 9.88. The molecule has 0 aromatic carbocycles. The summed E-state index contributed by atoms with van der Waals surface area (Å²) >= 11 is 0. The van der Waals surface area contributed by atoms with Crippen LogP contribution in [0.2, 0.25) is 0 Å². The number of alkyl halides is 17. The Labute approximate surface area is 241 Å².